The Morgan fingerprint density at radius 3 is 2.63 bits per heavy atom. The van der Waals surface area contributed by atoms with Crippen LogP contribution in [0.15, 0.2) is 30.6 Å². The van der Waals surface area contributed by atoms with Gasteiger partial charge in [0.1, 0.15) is 17.7 Å². The lowest BCUT2D eigenvalue weighted by atomic mass is 10.0. The Bertz CT molecular complexity index is 718. The third-order valence-corrected chi connectivity index (χ3v) is 3.06. The quantitative estimate of drug-likeness (QED) is 0.646. The summed E-state index contributed by atoms with van der Waals surface area (Å²) in [5, 5.41) is 0. The lowest BCUT2D eigenvalue weighted by molar-refractivity contribution is 0.976. The van der Waals surface area contributed by atoms with Gasteiger partial charge in [-0.1, -0.05) is 24.3 Å². The van der Waals surface area contributed by atoms with Gasteiger partial charge in [0, 0.05) is 13.0 Å². The number of hydrogen-bond acceptors (Lipinski definition) is 5. The van der Waals surface area contributed by atoms with Crippen LogP contribution < -0.4 is 11.5 Å². The fraction of sp³-hybridized carbons (Fsp3) is 0.154. The fourth-order valence-electron chi connectivity index (χ4n) is 2.09. The van der Waals surface area contributed by atoms with Crippen molar-refractivity contribution in [1.29, 1.82) is 0 Å². The van der Waals surface area contributed by atoms with Crippen LogP contribution in [0.1, 0.15) is 17.0 Å². The maximum Gasteiger partial charge on any atom is 0.183 e. The summed E-state index contributed by atoms with van der Waals surface area (Å²) >= 11 is 0. The maximum absolute atomic E-state index is 5.78. The van der Waals surface area contributed by atoms with Gasteiger partial charge >= 0.3 is 0 Å². The van der Waals surface area contributed by atoms with E-state index in [-0.39, 0.29) is 0 Å². The summed E-state index contributed by atoms with van der Waals surface area (Å²) in [5.74, 6) is 1.22. The Kier molecular flexibility index (Phi) is 2.85. The summed E-state index contributed by atoms with van der Waals surface area (Å²) in [7, 11) is 0. The van der Waals surface area contributed by atoms with Crippen molar-refractivity contribution in [2.45, 2.75) is 13.0 Å². The summed E-state index contributed by atoms with van der Waals surface area (Å²) in [4.78, 5) is 15.6. The van der Waals surface area contributed by atoms with E-state index in [0.29, 0.717) is 29.9 Å². The normalized spacial score (nSPS) is 11.0. The van der Waals surface area contributed by atoms with Crippen LogP contribution in [0.25, 0.3) is 11.2 Å². The molecule has 0 radical (unpaired) electrons. The molecule has 6 nitrogen and oxygen atoms in total. The smallest absolute Gasteiger partial charge is 0.183 e. The van der Waals surface area contributed by atoms with Gasteiger partial charge in [0.25, 0.3) is 0 Å². The Hall–Kier alpha value is -2.47. The van der Waals surface area contributed by atoms with Crippen LogP contribution in [0.2, 0.25) is 0 Å². The molecule has 0 aliphatic carbocycles. The van der Waals surface area contributed by atoms with Gasteiger partial charge in [-0.25, -0.2) is 15.0 Å². The van der Waals surface area contributed by atoms with Gasteiger partial charge in [-0.05, 0) is 11.1 Å². The molecule has 19 heavy (non-hydrogen) atoms. The molecule has 3 aromatic rings. The van der Waals surface area contributed by atoms with Gasteiger partial charge in [-0.3, -0.25) is 0 Å². The van der Waals surface area contributed by atoms with Crippen molar-refractivity contribution in [2.75, 3.05) is 5.73 Å². The molecule has 5 N–H and O–H groups in total. The fourth-order valence-corrected chi connectivity index (χ4v) is 2.09. The van der Waals surface area contributed by atoms with Gasteiger partial charge in [-0.15, -0.1) is 0 Å². The lowest BCUT2D eigenvalue weighted by Crippen LogP contribution is -2.02. The molecule has 2 heterocycles. The first-order valence-corrected chi connectivity index (χ1v) is 6.00. The molecule has 1 aromatic carbocycles. The van der Waals surface area contributed by atoms with Crippen LogP contribution in [-0.4, -0.2) is 19.9 Å². The molecule has 0 saturated carbocycles. The molecule has 2 aromatic heterocycles. The predicted molar refractivity (Wildman–Crippen MR) is 73.2 cm³/mol. The molecule has 3 rings (SSSR count). The topological polar surface area (TPSA) is 106 Å². The standard InChI is InChI=1S/C13H14N6/c14-6-9-4-2-1-3-8(9)5-10-18-11-12(15)16-7-17-13(11)19-10/h1-4,7H,5-6,14H2,(H3,15,16,17,18,19). The Balaban J connectivity index is 1.99. The highest BCUT2D eigenvalue weighted by molar-refractivity contribution is 5.81. The maximum atomic E-state index is 5.78. The molecular weight excluding hydrogens is 240 g/mol. The van der Waals surface area contributed by atoms with E-state index in [1.807, 2.05) is 24.3 Å². The zero-order chi connectivity index (χ0) is 13.2. The minimum atomic E-state index is 0.413. The number of H-pyrrole nitrogens is 1. The Morgan fingerprint density at radius 1 is 1.11 bits per heavy atom. The van der Waals surface area contributed by atoms with Gasteiger partial charge in [0.15, 0.2) is 11.5 Å². The number of imidazole rings is 1. The average molecular weight is 254 g/mol. The molecule has 0 spiro atoms. The van der Waals surface area contributed by atoms with E-state index in [4.69, 9.17) is 11.5 Å². The highest BCUT2D eigenvalue weighted by atomic mass is 15.0. The number of benzene rings is 1. The number of hydrogen-bond donors (Lipinski definition) is 3. The summed E-state index contributed by atoms with van der Waals surface area (Å²) in [6.45, 7) is 0.512. The van der Waals surface area contributed by atoms with Crippen molar-refractivity contribution >= 4 is 17.0 Å². The summed E-state index contributed by atoms with van der Waals surface area (Å²) in [6.07, 6.45) is 2.08. The molecule has 6 heteroatoms. The van der Waals surface area contributed by atoms with E-state index >= 15 is 0 Å². The van der Waals surface area contributed by atoms with Gasteiger partial charge in [0.2, 0.25) is 0 Å². The molecular formula is C13H14N6. The molecule has 96 valence electrons. The summed E-state index contributed by atoms with van der Waals surface area (Å²) in [6, 6.07) is 8.04. The van der Waals surface area contributed by atoms with Crippen molar-refractivity contribution in [3.63, 3.8) is 0 Å². The number of nitrogens with one attached hydrogen (secondary N) is 1. The monoisotopic (exact) mass is 254 g/mol. The number of aromatic amines is 1. The second-order valence-electron chi connectivity index (χ2n) is 4.29. The summed E-state index contributed by atoms with van der Waals surface area (Å²) < 4.78 is 0. The number of fused-ring (bicyclic) bond motifs is 1. The molecule has 0 aliphatic heterocycles. The van der Waals surface area contributed by atoms with Crippen LogP contribution in [0.3, 0.4) is 0 Å². The molecule has 0 fully saturated rings. The molecule has 0 bridgehead atoms. The number of aromatic nitrogens is 4. The Morgan fingerprint density at radius 2 is 1.89 bits per heavy atom. The SMILES string of the molecule is NCc1ccccc1Cc1nc2ncnc(N)c2[nH]1. The summed E-state index contributed by atoms with van der Waals surface area (Å²) in [5.41, 5.74) is 15.0. The highest BCUT2D eigenvalue weighted by Crippen LogP contribution is 2.17. The van der Waals surface area contributed by atoms with Crippen molar-refractivity contribution < 1.29 is 0 Å². The van der Waals surface area contributed by atoms with Crippen LogP contribution in [-0.2, 0) is 13.0 Å². The first-order chi connectivity index (χ1) is 9.28. The third kappa shape index (κ3) is 2.13. The van der Waals surface area contributed by atoms with Crippen LogP contribution in [0.5, 0.6) is 0 Å². The van der Waals surface area contributed by atoms with E-state index in [1.165, 1.54) is 6.33 Å². The largest absolute Gasteiger partial charge is 0.382 e. The number of nitrogen functional groups attached to an aromatic ring is 1. The van der Waals surface area contributed by atoms with E-state index in [9.17, 15) is 0 Å². The van der Waals surface area contributed by atoms with Crippen LogP contribution >= 0.6 is 0 Å². The van der Waals surface area contributed by atoms with E-state index in [0.717, 1.165) is 17.0 Å². The van der Waals surface area contributed by atoms with E-state index < -0.39 is 0 Å². The zero-order valence-electron chi connectivity index (χ0n) is 10.3. The van der Waals surface area contributed by atoms with Crippen molar-refractivity contribution in [3.8, 4) is 0 Å². The molecule has 0 atom stereocenters. The third-order valence-electron chi connectivity index (χ3n) is 3.06. The molecule has 0 aliphatic rings. The van der Waals surface area contributed by atoms with Gasteiger partial charge in [0.05, 0.1) is 0 Å². The van der Waals surface area contributed by atoms with E-state index in [1.54, 1.807) is 0 Å². The zero-order valence-corrected chi connectivity index (χ0v) is 10.3. The van der Waals surface area contributed by atoms with Gasteiger partial charge in [-0.2, -0.15) is 0 Å². The predicted octanol–water partition coefficient (Wildman–Crippen LogP) is 0.985. The van der Waals surface area contributed by atoms with Crippen LogP contribution in [0.4, 0.5) is 5.82 Å². The first kappa shape index (κ1) is 11.6. The van der Waals surface area contributed by atoms with Gasteiger partial charge < -0.3 is 16.5 Å². The number of rotatable bonds is 3. The van der Waals surface area contributed by atoms with Crippen molar-refractivity contribution in [2.24, 2.45) is 5.73 Å². The number of nitrogens with two attached hydrogens (primary N) is 2. The number of nitrogens with zero attached hydrogens (tertiary/aromatic N) is 3. The van der Waals surface area contributed by atoms with Crippen molar-refractivity contribution in [1.82, 2.24) is 19.9 Å². The van der Waals surface area contributed by atoms with E-state index in [2.05, 4.69) is 19.9 Å². The molecule has 0 unspecified atom stereocenters. The number of anilines is 1. The lowest BCUT2D eigenvalue weighted by Gasteiger charge is -2.05. The minimum Gasteiger partial charge on any atom is -0.382 e. The second-order valence-corrected chi connectivity index (χ2v) is 4.29. The highest BCUT2D eigenvalue weighted by Gasteiger charge is 2.09. The van der Waals surface area contributed by atoms with Crippen LogP contribution in [0, 0.1) is 0 Å². The first-order valence-electron chi connectivity index (χ1n) is 6.00. The molecule has 0 amide bonds. The second kappa shape index (κ2) is 4.66. The van der Waals surface area contributed by atoms with Crippen molar-refractivity contribution in [3.05, 3.63) is 47.5 Å². The average Bonchev–Trinajstić information content (AvgIpc) is 2.83. The Labute approximate surface area is 109 Å². The molecule has 0 saturated heterocycles. The minimum absolute atomic E-state index is 0.413.